The zero-order valence-corrected chi connectivity index (χ0v) is 16.3. The van der Waals surface area contributed by atoms with Crippen molar-refractivity contribution in [3.05, 3.63) is 60.6 Å². The van der Waals surface area contributed by atoms with E-state index in [9.17, 15) is 8.42 Å². The van der Waals surface area contributed by atoms with Crippen molar-refractivity contribution in [3.63, 3.8) is 0 Å². The van der Waals surface area contributed by atoms with Gasteiger partial charge in [-0.2, -0.15) is 0 Å². The maximum Gasteiger partial charge on any atom is 0.183 e. The lowest BCUT2D eigenvalue weighted by Gasteiger charge is -2.29. The van der Waals surface area contributed by atoms with Gasteiger partial charge in [-0.1, -0.05) is 24.3 Å². The molecule has 0 saturated carbocycles. The van der Waals surface area contributed by atoms with Crippen LogP contribution in [0, 0.1) is 0 Å². The number of nitrogens with zero attached hydrogens (tertiary/aromatic N) is 1. The fourth-order valence-electron chi connectivity index (χ4n) is 3.42. The summed E-state index contributed by atoms with van der Waals surface area (Å²) in [4.78, 5) is 2.79. The second kappa shape index (κ2) is 7.80. The minimum atomic E-state index is -3.33. The molecule has 140 valence electrons. The van der Waals surface area contributed by atoms with Crippen molar-refractivity contribution in [2.45, 2.75) is 42.8 Å². The summed E-state index contributed by atoms with van der Waals surface area (Å²) in [7, 11) is -3.33. The molecule has 3 rings (SSSR count). The number of hydrogen-bond donors (Lipinski definition) is 0. The zero-order valence-electron chi connectivity index (χ0n) is 15.5. The van der Waals surface area contributed by atoms with Crippen molar-refractivity contribution >= 4 is 15.4 Å². The van der Waals surface area contributed by atoms with Crippen LogP contribution in [0.2, 0.25) is 0 Å². The van der Waals surface area contributed by atoms with E-state index in [0.717, 1.165) is 38.2 Å². The summed E-state index contributed by atoms with van der Waals surface area (Å²) < 4.78 is 30.5. The number of benzene rings is 1. The molecule has 26 heavy (non-hydrogen) atoms. The van der Waals surface area contributed by atoms with Gasteiger partial charge in [0.15, 0.2) is 9.84 Å². The van der Waals surface area contributed by atoms with E-state index in [1.165, 1.54) is 5.57 Å². The van der Waals surface area contributed by atoms with Crippen LogP contribution in [0.1, 0.15) is 38.9 Å². The summed E-state index contributed by atoms with van der Waals surface area (Å²) in [5, 5.41) is 0. The number of furan rings is 1. The predicted molar refractivity (Wildman–Crippen MR) is 105 cm³/mol. The SMILES string of the molecule is CC(C)(CCCN1CCC=C(c2ccco2)C1)S(=O)(=O)c1ccccc1. The molecule has 0 N–H and O–H groups in total. The fraction of sp³-hybridized carbons (Fsp3) is 0.429. The van der Waals surface area contributed by atoms with E-state index in [4.69, 9.17) is 4.42 Å². The summed E-state index contributed by atoms with van der Waals surface area (Å²) in [5.41, 5.74) is 1.22. The normalized spacial score (nSPS) is 16.5. The first-order valence-corrected chi connectivity index (χ1v) is 10.6. The lowest BCUT2D eigenvalue weighted by molar-refractivity contribution is 0.290. The second-order valence-electron chi connectivity index (χ2n) is 7.45. The zero-order chi connectivity index (χ0) is 18.6. The Kier molecular flexibility index (Phi) is 5.68. The average molecular weight is 374 g/mol. The minimum absolute atomic E-state index is 0.408. The van der Waals surface area contributed by atoms with Crippen LogP contribution >= 0.6 is 0 Å². The average Bonchev–Trinajstić information content (AvgIpc) is 3.17. The molecule has 0 aliphatic carbocycles. The summed E-state index contributed by atoms with van der Waals surface area (Å²) in [5.74, 6) is 0.932. The van der Waals surface area contributed by atoms with E-state index in [2.05, 4.69) is 11.0 Å². The van der Waals surface area contributed by atoms with Crippen molar-refractivity contribution in [1.82, 2.24) is 4.90 Å². The van der Waals surface area contributed by atoms with Crippen molar-refractivity contribution in [2.24, 2.45) is 0 Å². The van der Waals surface area contributed by atoms with Crippen LogP contribution in [0.5, 0.6) is 0 Å². The molecule has 0 bridgehead atoms. The molecule has 0 radical (unpaired) electrons. The van der Waals surface area contributed by atoms with Crippen LogP contribution in [-0.2, 0) is 9.84 Å². The third-order valence-corrected chi connectivity index (χ3v) is 7.65. The highest BCUT2D eigenvalue weighted by molar-refractivity contribution is 7.92. The highest BCUT2D eigenvalue weighted by Crippen LogP contribution is 2.30. The van der Waals surface area contributed by atoms with Gasteiger partial charge in [0.2, 0.25) is 0 Å². The Morgan fingerprint density at radius 2 is 1.88 bits per heavy atom. The van der Waals surface area contributed by atoms with E-state index < -0.39 is 14.6 Å². The van der Waals surface area contributed by atoms with E-state index in [1.807, 2.05) is 32.0 Å². The molecule has 1 aromatic heterocycles. The third-order valence-electron chi connectivity index (χ3n) is 5.10. The Morgan fingerprint density at radius 3 is 2.58 bits per heavy atom. The first-order chi connectivity index (χ1) is 12.4. The van der Waals surface area contributed by atoms with Gasteiger partial charge in [0.1, 0.15) is 5.76 Å². The highest BCUT2D eigenvalue weighted by atomic mass is 32.2. The lowest BCUT2D eigenvalue weighted by atomic mass is 10.0. The molecule has 0 fully saturated rings. The van der Waals surface area contributed by atoms with Gasteiger partial charge in [0.05, 0.1) is 15.9 Å². The lowest BCUT2D eigenvalue weighted by Crippen LogP contribution is -2.35. The van der Waals surface area contributed by atoms with Gasteiger partial charge in [-0.15, -0.1) is 0 Å². The van der Waals surface area contributed by atoms with E-state index in [0.29, 0.717) is 11.3 Å². The molecule has 0 spiro atoms. The van der Waals surface area contributed by atoms with Gasteiger partial charge in [-0.05, 0) is 63.9 Å². The maximum absolute atomic E-state index is 12.9. The Bertz CT molecular complexity index is 837. The second-order valence-corrected chi connectivity index (χ2v) is 10.0. The Hall–Kier alpha value is -1.85. The van der Waals surface area contributed by atoms with Gasteiger partial charge in [0, 0.05) is 18.7 Å². The number of rotatable bonds is 7. The van der Waals surface area contributed by atoms with Gasteiger partial charge < -0.3 is 4.42 Å². The monoisotopic (exact) mass is 373 g/mol. The first-order valence-electron chi connectivity index (χ1n) is 9.15. The predicted octanol–water partition coefficient (Wildman–Crippen LogP) is 4.40. The molecule has 1 aromatic carbocycles. The van der Waals surface area contributed by atoms with Crippen LogP contribution < -0.4 is 0 Å². The molecular weight excluding hydrogens is 346 g/mol. The van der Waals surface area contributed by atoms with Gasteiger partial charge in [0.25, 0.3) is 0 Å². The number of sulfone groups is 1. The summed E-state index contributed by atoms with van der Waals surface area (Å²) in [6, 6.07) is 12.7. The van der Waals surface area contributed by atoms with Crippen molar-refractivity contribution < 1.29 is 12.8 Å². The molecule has 1 aliphatic rings. The summed E-state index contributed by atoms with van der Waals surface area (Å²) >= 11 is 0. The minimum Gasteiger partial charge on any atom is -0.465 e. The van der Waals surface area contributed by atoms with Gasteiger partial charge in [-0.25, -0.2) is 8.42 Å². The van der Waals surface area contributed by atoms with E-state index in [1.54, 1.807) is 30.5 Å². The van der Waals surface area contributed by atoms with Crippen LogP contribution in [0.4, 0.5) is 0 Å². The topological polar surface area (TPSA) is 50.5 Å². The van der Waals surface area contributed by atoms with Crippen molar-refractivity contribution in [3.8, 4) is 0 Å². The maximum atomic E-state index is 12.9. The van der Waals surface area contributed by atoms with Crippen LogP contribution in [0.25, 0.3) is 5.57 Å². The largest absolute Gasteiger partial charge is 0.465 e. The Balaban J connectivity index is 1.57. The smallest absolute Gasteiger partial charge is 0.183 e. The summed E-state index contributed by atoms with van der Waals surface area (Å²) in [6.07, 6.45) is 6.43. The molecule has 4 nitrogen and oxygen atoms in total. The Labute approximate surface area is 156 Å². The van der Waals surface area contributed by atoms with Crippen molar-refractivity contribution in [2.75, 3.05) is 19.6 Å². The molecule has 2 aromatic rings. The molecule has 5 heteroatoms. The van der Waals surface area contributed by atoms with E-state index >= 15 is 0 Å². The highest BCUT2D eigenvalue weighted by Gasteiger charge is 2.35. The molecule has 0 unspecified atom stereocenters. The molecule has 1 aliphatic heterocycles. The van der Waals surface area contributed by atoms with E-state index in [-0.39, 0.29) is 0 Å². The standard InChI is InChI=1S/C21H27NO3S/c1-21(2,26(23,24)19-10-4-3-5-11-19)13-8-15-22-14-6-9-18(17-22)20-12-7-16-25-20/h3-5,7,9-12,16H,6,8,13-15,17H2,1-2H3. The molecule has 2 heterocycles. The molecule has 0 amide bonds. The quantitative estimate of drug-likeness (QED) is 0.722. The fourth-order valence-corrected chi connectivity index (χ4v) is 4.98. The van der Waals surface area contributed by atoms with Gasteiger partial charge >= 0.3 is 0 Å². The summed E-state index contributed by atoms with van der Waals surface area (Å²) in [6.45, 7) is 6.43. The molecule has 0 saturated heterocycles. The van der Waals surface area contributed by atoms with Crippen molar-refractivity contribution in [1.29, 1.82) is 0 Å². The van der Waals surface area contributed by atoms with Crippen LogP contribution in [0.15, 0.2) is 64.1 Å². The number of hydrogen-bond acceptors (Lipinski definition) is 4. The first kappa shape index (κ1) is 18.9. The Morgan fingerprint density at radius 1 is 1.12 bits per heavy atom. The molecule has 0 atom stereocenters. The van der Waals surface area contributed by atoms with Gasteiger partial charge in [-0.3, -0.25) is 4.90 Å². The van der Waals surface area contributed by atoms with Crippen LogP contribution in [-0.4, -0.2) is 37.7 Å². The molecular formula is C21H27NO3S. The third kappa shape index (κ3) is 4.10. The van der Waals surface area contributed by atoms with Crippen LogP contribution in [0.3, 0.4) is 0 Å².